The molecule has 0 saturated heterocycles. The van der Waals surface area contributed by atoms with E-state index >= 15 is 0 Å². The van der Waals surface area contributed by atoms with Crippen LogP contribution in [0.15, 0.2) is 42.6 Å². The monoisotopic (exact) mass is 461 g/mol. The quantitative estimate of drug-likeness (QED) is 0.571. The zero-order chi connectivity index (χ0) is 23.6. The van der Waals surface area contributed by atoms with Gasteiger partial charge in [0.1, 0.15) is 11.4 Å². The van der Waals surface area contributed by atoms with Crippen molar-refractivity contribution in [1.29, 1.82) is 0 Å². The van der Waals surface area contributed by atoms with Gasteiger partial charge in [0.15, 0.2) is 6.61 Å². The molecule has 2 fully saturated rings. The fourth-order valence-corrected chi connectivity index (χ4v) is 5.10. The van der Waals surface area contributed by atoms with Crippen molar-refractivity contribution in [3.63, 3.8) is 0 Å². The van der Waals surface area contributed by atoms with E-state index in [1.165, 1.54) is 49.7 Å². The average Bonchev–Trinajstić information content (AvgIpc) is 3.41. The van der Waals surface area contributed by atoms with Gasteiger partial charge >= 0.3 is 12.1 Å². The van der Waals surface area contributed by atoms with Crippen LogP contribution in [0, 0.1) is 17.8 Å². The van der Waals surface area contributed by atoms with Gasteiger partial charge in [-0.2, -0.15) is 13.2 Å². The Morgan fingerprint density at radius 1 is 1.18 bits per heavy atom. The van der Waals surface area contributed by atoms with Gasteiger partial charge in [0.05, 0.1) is 5.56 Å². The molecular weight excluding hydrogens is 435 g/mol. The van der Waals surface area contributed by atoms with E-state index in [4.69, 9.17) is 4.74 Å². The van der Waals surface area contributed by atoms with Crippen LogP contribution in [0.25, 0.3) is 0 Å². The zero-order valence-electron chi connectivity index (χ0n) is 18.2. The number of fused-ring (bicyclic) bond motifs is 2. The number of nitrogens with zero attached hydrogens (tertiary/aromatic N) is 1. The van der Waals surface area contributed by atoms with Crippen molar-refractivity contribution in [2.24, 2.45) is 17.8 Å². The summed E-state index contributed by atoms with van der Waals surface area (Å²) in [6.45, 7) is 1.55. The molecule has 33 heavy (non-hydrogen) atoms. The number of hydrogen-bond donors (Lipinski definition) is 2. The molecule has 1 amide bonds. The number of amides is 1. The van der Waals surface area contributed by atoms with Crippen LogP contribution in [0.5, 0.6) is 0 Å². The number of ether oxygens (including phenoxy) is 1. The summed E-state index contributed by atoms with van der Waals surface area (Å²) >= 11 is 0. The van der Waals surface area contributed by atoms with Crippen LogP contribution < -0.4 is 10.6 Å². The van der Waals surface area contributed by atoms with E-state index in [-0.39, 0.29) is 29.0 Å². The van der Waals surface area contributed by atoms with Gasteiger partial charge in [-0.25, -0.2) is 9.78 Å². The fourth-order valence-electron chi connectivity index (χ4n) is 5.10. The van der Waals surface area contributed by atoms with E-state index in [1.54, 1.807) is 0 Å². The van der Waals surface area contributed by atoms with Crippen LogP contribution >= 0.6 is 0 Å². The first-order valence-electron chi connectivity index (χ1n) is 11.1. The molecule has 0 spiro atoms. The fraction of sp³-hybridized carbons (Fsp3) is 0.458. The second kappa shape index (κ2) is 9.41. The highest BCUT2D eigenvalue weighted by Crippen LogP contribution is 2.49. The Labute approximate surface area is 189 Å². The van der Waals surface area contributed by atoms with Crippen LogP contribution in [0.4, 0.5) is 24.7 Å². The van der Waals surface area contributed by atoms with Crippen LogP contribution in [-0.4, -0.2) is 29.5 Å². The van der Waals surface area contributed by atoms with Gasteiger partial charge in [0, 0.05) is 17.9 Å². The van der Waals surface area contributed by atoms with E-state index in [2.05, 4.69) is 15.6 Å². The third-order valence-electron chi connectivity index (χ3n) is 6.64. The number of halogens is 3. The summed E-state index contributed by atoms with van der Waals surface area (Å²) in [7, 11) is 0. The topological polar surface area (TPSA) is 80.3 Å². The molecule has 1 aromatic carbocycles. The maximum Gasteiger partial charge on any atom is 0.416 e. The summed E-state index contributed by atoms with van der Waals surface area (Å²) in [5, 5.41) is 5.66. The first-order valence-corrected chi connectivity index (χ1v) is 11.1. The van der Waals surface area contributed by atoms with Crippen LogP contribution in [-0.2, 0) is 15.7 Å². The van der Waals surface area contributed by atoms with Crippen LogP contribution in [0.1, 0.15) is 48.5 Å². The van der Waals surface area contributed by atoms with Crippen molar-refractivity contribution in [1.82, 2.24) is 10.3 Å². The Bertz CT molecular complexity index is 1030. The SMILES string of the molecule is C[C@@H](NC(=O)COC(=O)c1cccnc1Nc1cccc(C(F)(F)F)c1)[C@H]1C[C@@H]2CC[C@@H]1C2. The molecule has 0 unspecified atom stereocenters. The van der Waals surface area contributed by atoms with Crippen molar-refractivity contribution in [2.45, 2.75) is 44.8 Å². The van der Waals surface area contributed by atoms with Crippen molar-refractivity contribution in [2.75, 3.05) is 11.9 Å². The van der Waals surface area contributed by atoms with Gasteiger partial charge in [0.2, 0.25) is 0 Å². The lowest BCUT2D eigenvalue weighted by Crippen LogP contribution is -2.42. The van der Waals surface area contributed by atoms with E-state index in [1.807, 2.05) is 6.92 Å². The molecule has 2 aliphatic carbocycles. The number of aromatic nitrogens is 1. The molecule has 4 atom stereocenters. The maximum absolute atomic E-state index is 13.0. The third-order valence-corrected chi connectivity index (χ3v) is 6.64. The zero-order valence-corrected chi connectivity index (χ0v) is 18.2. The number of pyridine rings is 1. The molecule has 0 radical (unpaired) electrons. The summed E-state index contributed by atoms with van der Waals surface area (Å²) < 4.78 is 44.1. The second-order valence-electron chi connectivity index (χ2n) is 8.87. The number of esters is 1. The molecule has 2 aliphatic rings. The molecule has 0 aliphatic heterocycles. The van der Waals surface area contributed by atoms with Crippen LogP contribution in [0.3, 0.4) is 0 Å². The number of rotatable bonds is 7. The summed E-state index contributed by atoms with van der Waals surface area (Å²) in [5.41, 5.74) is -0.687. The smallest absolute Gasteiger partial charge is 0.416 e. The van der Waals surface area contributed by atoms with E-state index in [0.717, 1.165) is 24.5 Å². The third kappa shape index (κ3) is 5.46. The number of carbonyl (C=O) groups excluding carboxylic acids is 2. The van der Waals surface area contributed by atoms with Crippen molar-refractivity contribution >= 4 is 23.4 Å². The largest absolute Gasteiger partial charge is 0.452 e. The predicted octanol–water partition coefficient (Wildman–Crippen LogP) is 4.94. The molecule has 1 heterocycles. The van der Waals surface area contributed by atoms with Crippen molar-refractivity contribution in [3.8, 4) is 0 Å². The van der Waals surface area contributed by atoms with Crippen molar-refractivity contribution in [3.05, 3.63) is 53.7 Å². The molecule has 1 aromatic heterocycles. The lowest BCUT2D eigenvalue weighted by molar-refractivity contribution is -0.137. The van der Waals surface area contributed by atoms with Gasteiger partial charge in [-0.1, -0.05) is 12.5 Å². The minimum Gasteiger partial charge on any atom is -0.452 e. The Morgan fingerprint density at radius 3 is 2.70 bits per heavy atom. The Kier molecular flexibility index (Phi) is 6.58. The van der Waals surface area contributed by atoms with Crippen LogP contribution in [0.2, 0.25) is 0 Å². The highest BCUT2D eigenvalue weighted by Gasteiger charge is 2.42. The number of carbonyl (C=O) groups is 2. The van der Waals surface area contributed by atoms with Crippen molar-refractivity contribution < 1.29 is 27.5 Å². The lowest BCUT2D eigenvalue weighted by Gasteiger charge is -2.28. The highest BCUT2D eigenvalue weighted by molar-refractivity contribution is 5.96. The van der Waals surface area contributed by atoms with E-state index in [9.17, 15) is 22.8 Å². The first-order chi connectivity index (χ1) is 15.7. The summed E-state index contributed by atoms with van der Waals surface area (Å²) in [5.74, 6) is 0.760. The molecule has 2 bridgehead atoms. The molecule has 9 heteroatoms. The molecule has 2 aromatic rings. The number of nitrogens with one attached hydrogen (secondary N) is 2. The number of alkyl halides is 3. The average molecular weight is 461 g/mol. The molecule has 2 saturated carbocycles. The Balaban J connectivity index is 1.35. The second-order valence-corrected chi connectivity index (χ2v) is 8.87. The van der Waals surface area contributed by atoms with Gasteiger partial charge in [-0.3, -0.25) is 4.79 Å². The molecule has 2 N–H and O–H groups in total. The standard InChI is InChI=1S/C24H26F3N3O3/c1-14(20-11-15-7-8-16(20)10-15)29-21(31)13-33-23(32)19-6-3-9-28-22(19)30-18-5-2-4-17(12-18)24(25,26)27/h2-6,9,12,14-16,20H,7-8,10-11,13H2,1H3,(H,28,30)(H,29,31)/t14-,15-,16-,20-/m1/s1. The summed E-state index contributed by atoms with van der Waals surface area (Å²) in [6, 6.07) is 7.52. The molecule has 176 valence electrons. The van der Waals surface area contributed by atoms with Gasteiger partial charge < -0.3 is 15.4 Å². The Hall–Kier alpha value is -3.10. The Morgan fingerprint density at radius 2 is 2.00 bits per heavy atom. The van der Waals surface area contributed by atoms with E-state index < -0.39 is 24.3 Å². The number of anilines is 2. The summed E-state index contributed by atoms with van der Waals surface area (Å²) in [4.78, 5) is 28.9. The molecule has 4 rings (SSSR count). The van der Waals surface area contributed by atoms with Gasteiger partial charge in [0.25, 0.3) is 5.91 Å². The van der Waals surface area contributed by atoms with Gasteiger partial charge in [-0.05, 0) is 74.3 Å². The van der Waals surface area contributed by atoms with E-state index in [0.29, 0.717) is 11.8 Å². The predicted molar refractivity (Wildman–Crippen MR) is 116 cm³/mol. The minimum absolute atomic E-state index is 0.0167. The number of hydrogen-bond acceptors (Lipinski definition) is 5. The molecular formula is C24H26F3N3O3. The summed E-state index contributed by atoms with van der Waals surface area (Å²) in [6.07, 6.45) is 1.77. The highest BCUT2D eigenvalue weighted by atomic mass is 19.4. The lowest BCUT2D eigenvalue weighted by atomic mass is 9.84. The first kappa shape index (κ1) is 23.1. The maximum atomic E-state index is 13.0. The normalized spacial score (nSPS) is 22.6. The molecule has 6 nitrogen and oxygen atoms in total. The minimum atomic E-state index is -4.49. The number of benzene rings is 1. The van der Waals surface area contributed by atoms with Gasteiger partial charge in [-0.15, -0.1) is 0 Å².